The van der Waals surface area contributed by atoms with Gasteiger partial charge in [0.15, 0.2) is 0 Å². The van der Waals surface area contributed by atoms with Crippen molar-refractivity contribution in [2.75, 3.05) is 6.61 Å². The van der Waals surface area contributed by atoms with E-state index in [1.54, 1.807) is 0 Å². The molecule has 3 N–H and O–H groups in total. The molecule has 0 spiro atoms. The fourth-order valence-corrected chi connectivity index (χ4v) is 7.85. The van der Waals surface area contributed by atoms with Gasteiger partial charge < -0.3 is 20.3 Å². The lowest BCUT2D eigenvalue weighted by atomic mass is 10.0. The molecular formula is C59H103NO5. The summed E-state index contributed by atoms with van der Waals surface area (Å²) in [5.41, 5.74) is 0. The van der Waals surface area contributed by atoms with Crippen molar-refractivity contribution >= 4 is 11.9 Å². The first-order valence-corrected chi connectivity index (χ1v) is 27.3. The number of hydrogen-bond acceptors (Lipinski definition) is 5. The number of carbonyl (C=O) groups excluding carboxylic acids is 2. The average Bonchev–Trinajstić information content (AvgIpc) is 3.30. The van der Waals surface area contributed by atoms with Crippen molar-refractivity contribution in [2.24, 2.45) is 0 Å². The van der Waals surface area contributed by atoms with Crippen LogP contribution in [0.3, 0.4) is 0 Å². The molecule has 0 aromatic heterocycles. The van der Waals surface area contributed by atoms with Gasteiger partial charge in [-0.3, -0.25) is 9.59 Å². The Morgan fingerprint density at radius 3 is 1.32 bits per heavy atom. The Balaban J connectivity index is 4.71. The van der Waals surface area contributed by atoms with Crippen LogP contribution in [0.15, 0.2) is 85.1 Å². The summed E-state index contributed by atoms with van der Waals surface area (Å²) in [5.74, 6) is -0.556. The number of ether oxygens (including phenoxy) is 1. The summed E-state index contributed by atoms with van der Waals surface area (Å²) in [5, 5.41) is 23.8. The maximum Gasteiger partial charge on any atom is 0.306 e. The molecule has 65 heavy (non-hydrogen) atoms. The summed E-state index contributed by atoms with van der Waals surface area (Å²) in [7, 11) is 0. The first kappa shape index (κ1) is 62.0. The minimum absolute atomic E-state index is 0.0273. The molecule has 1 amide bonds. The number of allylic oxidation sites excluding steroid dienone is 14. The number of rotatable bonds is 48. The molecule has 6 heteroatoms. The standard InChI is InChI=1S/C59H103NO5/c1-4-7-10-13-16-19-22-25-28-29-31-32-35-38-41-44-47-50-55(65-59(64)52-49-46-43-40-37-34-27-24-21-18-15-12-9-6-3)53-58(63)60-56(54-61)57(62)51-48-45-42-39-36-33-30-26-23-20-17-14-11-8-5-2/h9,12,16,18-19,21,25,27-28,31-32,34,38,41,55-57,61-62H,4-8,10-11,13-15,17,20,22-24,26,29-30,33,35-37,39-40,42-54H2,1-3H3,(H,60,63)/b12-9+,19-16-,21-18+,28-25-,32-31-,34-27+,41-38-. The maximum atomic E-state index is 13.2. The molecule has 0 heterocycles. The molecule has 374 valence electrons. The number of nitrogens with one attached hydrogen (secondary N) is 1. The zero-order chi connectivity index (χ0) is 47.4. The average molecular weight is 906 g/mol. The van der Waals surface area contributed by atoms with E-state index in [-0.39, 0.29) is 24.9 Å². The zero-order valence-electron chi connectivity index (χ0n) is 42.6. The van der Waals surface area contributed by atoms with Gasteiger partial charge >= 0.3 is 5.97 Å². The van der Waals surface area contributed by atoms with Gasteiger partial charge in [-0.2, -0.15) is 0 Å². The van der Waals surface area contributed by atoms with Crippen molar-refractivity contribution < 1.29 is 24.5 Å². The molecule has 0 aromatic rings. The minimum Gasteiger partial charge on any atom is -0.462 e. The van der Waals surface area contributed by atoms with Crippen LogP contribution in [0.25, 0.3) is 0 Å². The van der Waals surface area contributed by atoms with Crippen molar-refractivity contribution in [2.45, 2.75) is 270 Å². The number of aliphatic hydroxyl groups is 2. The Morgan fingerprint density at radius 2 is 0.846 bits per heavy atom. The highest BCUT2D eigenvalue weighted by molar-refractivity contribution is 5.77. The SMILES string of the molecule is CC/C=C/C/C=C/C/C=C/CCCCCCC(=O)OC(CCC/C=C\C/C=C\C/C=C\C/C=C\CCCCC)CC(=O)NC(CO)C(O)CCCCCCCCCCCCCCCCC. The van der Waals surface area contributed by atoms with Gasteiger partial charge in [-0.05, 0) is 96.3 Å². The second-order valence-electron chi connectivity index (χ2n) is 18.2. The van der Waals surface area contributed by atoms with Gasteiger partial charge in [0.05, 0.1) is 25.2 Å². The van der Waals surface area contributed by atoms with E-state index < -0.39 is 18.2 Å². The molecule has 3 unspecified atom stereocenters. The van der Waals surface area contributed by atoms with Crippen LogP contribution in [0.1, 0.15) is 252 Å². The largest absolute Gasteiger partial charge is 0.462 e. The first-order valence-electron chi connectivity index (χ1n) is 27.3. The van der Waals surface area contributed by atoms with Crippen LogP contribution in [0, 0.1) is 0 Å². The van der Waals surface area contributed by atoms with Crippen molar-refractivity contribution in [3.8, 4) is 0 Å². The summed E-state index contributed by atoms with van der Waals surface area (Å²) in [6.45, 7) is 6.33. The lowest BCUT2D eigenvalue weighted by molar-refractivity contribution is -0.151. The van der Waals surface area contributed by atoms with Crippen LogP contribution in [-0.4, -0.2) is 46.9 Å². The summed E-state index contributed by atoms with van der Waals surface area (Å²) in [6.07, 6.45) is 67.9. The van der Waals surface area contributed by atoms with Crippen LogP contribution in [0.5, 0.6) is 0 Å². The molecule has 3 atom stereocenters. The van der Waals surface area contributed by atoms with E-state index in [4.69, 9.17) is 4.74 Å². The molecule has 0 aliphatic rings. The van der Waals surface area contributed by atoms with Gasteiger partial charge in [0.1, 0.15) is 6.10 Å². The van der Waals surface area contributed by atoms with E-state index in [1.807, 2.05) is 0 Å². The van der Waals surface area contributed by atoms with E-state index in [9.17, 15) is 19.8 Å². The fraction of sp³-hybridized carbons (Fsp3) is 0.729. The Labute approximate surface area is 402 Å². The Kier molecular flexibility index (Phi) is 49.6. The molecule has 0 saturated heterocycles. The van der Waals surface area contributed by atoms with Gasteiger partial charge in [-0.25, -0.2) is 0 Å². The van der Waals surface area contributed by atoms with Gasteiger partial charge in [-0.15, -0.1) is 0 Å². The number of aliphatic hydroxyl groups excluding tert-OH is 2. The lowest BCUT2D eigenvalue weighted by Crippen LogP contribution is -2.46. The predicted molar refractivity (Wildman–Crippen MR) is 282 cm³/mol. The van der Waals surface area contributed by atoms with Crippen LogP contribution in [0.4, 0.5) is 0 Å². The van der Waals surface area contributed by atoms with Gasteiger partial charge in [0.25, 0.3) is 0 Å². The van der Waals surface area contributed by atoms with Crippen molar-refractivity contribution in [3.05, 3.63) is 85.1 Å². The van der Waals surface area contributed by atoms with Crippen LogP contribution in [-0.2, 0) is 14.3 Å². The van der Waals surface area contributed by atoms with Gasteiger partial charge in [0, 0.05) is 6.42 Å². The summed E-state index contributed by atoms with van der Waals surface area (Å²) < 4.78 is 5.91. The zero-order valence-corrected chi connectivity index (χ0v) is 42.6. The van der Waals surface area contributed by atoms with Gasteiger partial charge in [0.2, 0.25) is 5.91 Å². The van der Waals surface area contributed by atoms with E-state index in [2.05, 4.69) is 111 Å². The molecule has 0 aromatic carbocycles. The van der Waals surface area contributed by atoms with Crippen LogP contribution in [0.2, 0.25) is 0 Å². The van der Waals surface area contributed by atoms with E-state index in [0.717, 1.165) is 103 Å². The molecule has 0 aliphatic heterocycles. The van der Waals surface area contributed by atoms with Crippen molar-refractivity contribution in [3.63, 3.8) is 0 Å². The van der Waals surface area contributed by atoms with E-state index in [1.165, 1.54) is 103 Å². The quantitative estimate of drug-likeness (QED) is 0.0321. The third kappa shape index (κ3) is 47.3. The fourth-order valence-electron chi connectivity index (χ4n) is 7.85. The minimum atomic E-state index is -0.810. The molecule has 6 nitrogen and oxygen atoms in total. The van der Waals surface area contributed by atoms with Crippen LogP contribution >= 0.6 is 0 Å². The second-order valence-corrected chi connectivity index (χ2v) is 18.2. The number of esters is 1. The summed E-state index contributed by atoms with van der Waals surface area (Å²) in [4.78, 5) is 26.2. The Morgan fingerprint density at radius 1 is 0.462 bits per heavy atom. The van der Waals surface area contributed by atoms with E-state index >= 15 is 0 Å². The molecule has 0 saturated carbocycles. The van der Waals surface area contributed by atoms with Crippen molar-refractivity contribution in [1.82, 2.24) is 5.32 Å². The normalized spacial score (nSPS) is 13.9. The molecule has 0 radical (unpaired) electrons. The highest BCUT2D eigenvalue weighted by Gasteiger charge is 2.24. The Bertz CT molecular complexity index is 1250. The summed E-state index contributed by atoms with van der Waals surface area (Å²) >= 11 is 0. The molecule has 0 bridgehead atoms. The lowest BCUT2D eigenvalue weighted by Gasteiger charge is -2.24. The Hall–Kier alpha value is -2.96. The number of amides is 1. The van der Waals surface area contributed by atoms with Gasteiger partial charge in [-0.1, -0.05) is 228 Å². The van der Waals surface area contributed by atoms with Crippen molar-refractivity contribution in [1.29, 1.82) is 0 Å². The first-order chi connectivity index (χ1) is 32.0. The monoisotopic (exact) mass is 906 g/mol. The highest BCUT2D eigenvalue weighted by Crippen LogP contribution is 2.17. The topological polar surface area (TPSA) is 95.9 Å². The number of hydrogen-bond donors (Lipinski definition) is 3. The van der Waals surface area contributed by atoms with E-state index in [0.29, 0.717) is 19.3 Å². The van der Waals surface area contributed by atoms with Crippen LogP contribution < -0.4 is 5.32 Å². The molecular weight excluding hydrogens is 803 g/mol. The maximum absolute atomic E-state index is 13.2. The second kappa shape index (κ2) is 52.0. The summed E-state index contributed by atoms with van der Waals surface area (Å²) in [6, 6.07) is -0.728. The third-order valence-corrected chi connectivity index (χ3v) is 12.0. The molecule has 0 fully saturated rings. The molecule has 0 rings (SSSR count). The third-order valence-electron chi connectivity index (χ3n) is 12.0. The molecule has 0 aliphatic carbocycles. The number of carbonyl (C=O) groups is 2. The smallest absolute Gasteiger partial charge is 0.306 e. The number of unbranched alkanes of at least 4 members (excludes halogenated alkanes) is 22. The highest BCUT2D eigenvalue weighted by atomic mass is 16.5. The predicted octanol–water partition coefficient (Wildman–Crippen LogP) is 16.7.